The molecule has 1 N–H and O–H groups in total. The highest BCUT2D eigenvalue weighted by atomic mass is 79.9. The van der Waals surface area contributed by atoms with Crippen LogP contribution < -0.4 is 10.1 Å². The molecule has 0 saturated carbocycles. The Kier molecular flexibility index (Phi) is 5.88. The van der Waals surface area contributed by atoms with Crippen LogP contribution in [0, 0.1) is 13.8 Å². The van der Waals surface area contributed by atoms with E-state index < -0.39 is 0 Å². The minimum Gasteiger partial charge on any atom is -0.488 e. The van der Waals surface area contributed by atoms with Gasteiger partial charge in [-0.15, -0.1) is 0 Å². The molecule has 0 spiro atoms. The van der Waals surface area contributed by atoms with Crippen LogP contribution in [0.4, 0.5) is 0 Å². The van der Waals surface area contributed by atoms with Crippen molar-refractivity contribution in [2.75, 3.05) is 6.54 Å². The number of halogens is 1. The van der Waals surface area contributed by atoms with Crippen molar-refractivity contribution in [1.29, 1.82) is 0 Å². The van der Waals surface area contributed by atoms with Gasteiger partial charge in [-0.2, -0.15) is 0 Å². The van der Waals surface area contributed by atoms with Crippen molar-refractivity contribution in [3.8, 4) is 5.75 Å². The number of benzene rings is 1. The van der Waals surface area contributed by atoms with Crippen molar-refractivity contribution in [2.45, 2.75) is 40.3 Å². The highest BCUT2D eigenvalue weighted by molar-refractivity contribution is 9.10. The van der Waals surface area contributed by atoms with Gasteiger partial charge < -0.3 is 14.5 Å². The van der Waals surface area contributed by atoms with E-state index in [1.807, 2.05) is 32.0 Å². The summed E-state index contributed by atoms with van der Waals surface area (Å²) in [6.07, 6.45) is 1.12. The lowest BCUT2D eigenvalue weighted by molar-refractivity contribution is 0.300. The van der Waals surface area contributed by atoms with E-state index in [9.17, 15) is 0 Å². The van der Waals surface area contributed by atoms with E-state index in [2.05, 4.69) is 34.2 Å². The fourth-order valence-corrected chi connectivity index (χ4v) is 2.43. The molecule has 0 bridgehead atoms. The maximum atomic E-state index is 5.91. The predicted octanol–water partition coefficient (Wildman–Crippen LogP) is 4.74. The Balaban J connectivity index is 1.98. The standard InChI is InChI=1S/C17H22BrNO2/c1-4-7-19-10-16-8-14(13(3)21-16)11-20-17-9-15(18)6-5-12(17)2/h5-6,8-9,19H,4,7,10-11H2,1-3H3. The summed E-state index contributed by atoms with van der Waals surface area (Å²) in [7, 11) is 0. The van der Waals surface area contributed by atoms with Crippen LogP contribution in [0.5, 0.6) is 5.75 Å². The molecule has 0 amide bonds. The zero-order chi connectivity index (χ0) is 15.2. The summed E-state index contributed by atoms with van der Waals surface area (Å²) >= 11 is 3.47. The summed E-state index contributed by atoms with van der Waals surface area (Å²) in [5.41, 5.74) is 2.23. The molecule has 1 aromatic heterocycles. The maximum Gasteiger partial charge on any atom is 0.123 e. The Bertz CT molecular complexity index is 592. The number of hydrogen-bond donors (Lipinski definition) is 1. The van der Waals surface area contributed by atoms with Gasteiger partial charge in [0, 0.05) is 10.0 Å². The van der Waals surface area contributed by atoms with Gasteiger partial charge in [-0.1, -0.05) is 28.9 Å². The molecule has 0 saturated heterocycles. The molecule has 0 atom stereocenters. The van der Waals surface area contributed by atoms with Gasteiger partial charge in [0.05, 0.1) is 6.54 Å². The smallest absolute Gasteiger partial charge is 0.123 e. The second-order valence-electron chi connectivity index (χ2n) is 5.17. The molecule has 0 fully saturated rings. The molecule has 0 aliphatic carbocycles. The topological polar surface area (TPSA) is 34.4 Å². The minimum absolute atomic E-state index is 0.528. The van der Waals surface area contributed by atoms with E-state index in [1.54, 1.807) is 0 Å². The van der Waals surface area contributed by atoms with Gasteiger partial charge in [-0.05, 0) is 50.6 Å². The van der Waals surface area contributed by atoms with Crippen molar-refractivity contribution in [2.24, 2.45) is 0 Å². The van der Waals surface area contributed by atoms with Gasteiger partial charge in [-0.25, -0.2) is 0 Å². The molecule has 1 heterocycles. The fraction of sp³-hybridized carbons (Fsp3) is 0.412. The molecule has 0 aliphatic heterocycles. The van der Waals surface area contributed by atoms with Crippen molar-refractivity contribution >= 4 is 15.9 Å². The quantitative estimate of drug-likeness (QED) is 0.731. The second kappa shape index (κ2) is 7.66. The Hall–Kier alpha value is -1.26. The SMILES string of the molecule is CCCNCc1cc(COc2cc(Br)ccc2C)c(C)o1. The Morgan fingerprint density at radius 3 is 2.81 bits per heavy atom. The molecule has 0 radical (unpaired) electrons. The summed E-state index contributed by atoms with van der Waals surface area (Å²) in [6.45, 7) is 8.48. The zero-order valence-electron chi connectivity index (χ0n) is 12.8. The first-order valence-electron chi connectivity index (χ1n) is 7.28. The van der Waals surface area contributed by atoms with Crippen molar-refractivity contribution in [3.05, 3.63) is 51.4 Å². The highest BCUT2D eigenvalue weighted by Gasteiger charge is 2.09. The molecule has 2 aromatic rings. The Morgan fingerprint density at radius 2 is 2.05 bits per heavy atom. The van der Waals surface area contributed by atoms with E-state index in [1.165, 1.54) is 0 Å². The maximum absolute atomic E-state index is 5.91. The average Bonchev–Trinajstić information content (AvgIpc) is 2.80. The molecule has 4 heteroatoms. The first kappa shape index (κ1) is 16.1. The van der Waals surface area contributed by atoms with Crippen LogP contribution in [0.25, 0.3) is 0 Å². The van der Waals surface area contributed by atoms with Crippen LogP contribution >= 0.6 is 15.9 Å². The van der Waals surface area contributed by atoms with Gasteiger partial charge in [-0.3, -0.25) is 0 Å². The lowest BCUT2D eigenvalue weighted by Crippen LogP contribution is -2.13. The lowest BCUT2D eigenvalue weighted by Gasteiger charge is -2.08. The third kappa shape index (κ3) is 4.61. The van der Waals surface area contributed by atoms with Crippen molar-refractivity contribution < 1.29 is 9.15 Å². The van der Waals surface area contributed by atoms with E-state index >= 15 is 0 Å². The number of aryl methyl sites for hydroxylation is 2. The molecule has 114 valence electrons. The van der Waals surface area contributed by atoms with Crippen molar-refractivity contribution in [3.63, 3.8) is 0 Å². The number of rotatable bonds is 7. The summed E-state index contributed by atoms with van der Waals surface area (Å²) in [5.74, 6) is 2.79. The first-order valence-corrected chi connectivity index (χ1v) is 8.07. The van der Waals surface area contributed by atoms with E-state index in [-0.39, 0.29) is 0 Å². The number of ether oxygens (including phenoxy) is 1. The van der Waals surface area contributed by atoms with Crippen molar-refractivity contribution in [1.82, 2.24) is 5.32 Å². The summed E-state index contributed by atoms with van der Waals surface area (Å²) in [6, 6.07) is 8.13. The van der Waals surface area contributed by atoms with Gasteiger partial charge in [0.1, 0.15) is 23.9 Å². The third-order valence-electron chi connectivity index (χ3n) is 3.33. The Labute approximate surface area is 134 Å². The summed E-state index contributed by atoms with van der Waals surface area (Å²) in [5, 5.41) is 3.34. The molecule has 3 nitrogen and oxygen atoms in total. The van der Waals surface area contributed by atoms with Gasteiger partial charge >= 0.3 is 0 Å². The van der Waals surface area contributed by atoms with Gasteiger partial charge in [0.2, 0.25) is 0 Å². The van der Waals surface area contributed by atoms with Crippen LogP contribution in [0.2, 0.25) is 0 Å². The number of furan rings is 1. The Morgan fingerprint density at radius 1 is 1.24 bits per heavy atom. The van der Waals surface area contributed by atoms with Gasteiger partial charge in [0.15, 0.2) is 0 Å². The van der Waals surface area contributed by atoms with E-state index in [0.717, 1.165) is 52.4 Å². The van der Waals surface area contributed by atoms with Crippen LogP contribution in [0.3, 0.4) is 0 Å². The lowest BCUT2D eigenvalue weighted by atomic mass is 10.2. The largest absolute Gasteiger partial charge is 0.488 e. The van der Waals surface area contributed by atoms with E-state index in [0.29, 0.717) is 6.61 Å². The van der Waals surface area contributed by atoms with E-state index in [4.69, 9.17) is 9.15 Å². The summed E-state index contributed by atoms with van der Waals surface area (Å²) in [4.78, 5) is 0. The van der Waals surface area contributed by atoms with Gasteiger partial charge in [0.25, 0.3) is 0 Å². The molecular weight excluding hydrogens is 330 g/mol. The fourth-order valence-electron chi connectivity index (χ4n) is 2.09. The normalized spacial score (nSPS) is 10.9. The van der Waals surface area contributed by atoms with Crippen LogP contribution in [0.1, 0.15) is 36.0 Å². The molecule has 0 unspecified atom stereocenters. The third-order valence-corrected chi connectivity index (χ3v) is 3.82. The molecular formula is C17H22BrNO2. The monoisotopic (exact) mass is 351 g/mol. The van der Waals surface area contributed by atoms with Crippen LogP contribution in [0.15, 0.2) is 33.2 Å². The first-order chi connectivity index (χ1) is 10.1. The average molecular weight is 352 g/mol. The van der Waals surface area contributed by atoms with Crippen LogP contribution in [-0.4, -0.2) is 6.54 Å². The highest BCUT2D eigenvalue weighted by Crippen LogP contribution is 2.25. The molecule has 2 rings (SSSR count). The second-order valence-corrected chi connectivity index (χ2v) is 6.09. The predicted molar refractivity (Wildman–Crippen MR) is 88.7 cm³/mol. The summed E-state index contributed by atoms with van der Waals surface area (Å²) < 4.78 is 12.7. The number of hydrogen-bond acceptors (Lipinski definition) is 3. The number of nitrogens with one attached hydrogen (secondary N) is 1. The molecule has 21 heavy (non-hydrogen) atoms. The molecule has 0 aliphatic rings. The minimum atomic E-state index is 0.528. The zero-order valence-corrected chi connectivity index (χ0v) is 14.4. The van der Waals surface area contributed by atoms with Crippen LogP contribution in [-0.2, 0) is 13.2 Å². The molecule has 1 aromatic carbocycles.